The predicted molar refractivity (Wildman–Crippen MR) is 86.8 cm³/mol. The molecule has 0 aromatic rings. The first-order valence-corrected chi connectivity index (χ1v) is 11.4. The van der Waals surface area contributed by atoms with Crippen LogP contribution in [0.15, 0.2) is 0 Å². The summed E-state index contributed by atoms with van der Waals surface area (Å²) in [5.74, 6) is -0.321. The van der Waals surface area contributed by atoms with Crippen LogP contribution in [0.4, 0.5) is 4.79 Å². The van der Waals surface area contributed by atoms with E-state index in [1.54, 1.807) is 20.8 Å². The van der Waals surface area contributed by atoms with Crippen molar-refractivity contribution in [1.82, 2.24) is 10.2 Å². The van der Waals surface area contributed by atoms with Crippen LogP contribution in [0.2, 0.25) is 25.7 Å². The van der Waals surface area contributed by atoms with Gasteiger partial charge in [-0.25, -0.2) is 9.69 Å². The van der Waals surface area contributed by atoms with E-state index in [1.165, 1.54) is 4.90 Å². The van der Waals surface area contributed by atoms with Crippen LogP contribution < -0.4 is 5.32 Å². The third kappa shape index (κ3) is 6.48. The van der Waals surface area contributed by atoms with Gasteiger partial charge in [0.25, 0.3) is 5.91 Å². The zero-order valence-electron chi connectivity index (χ0n) is 14.4. The van der Waals surface area contributed by atoms with Crippen LogP contribution in [0.3, 0.4) is 0 Å². The molecule has 1 atom stereocenters. The predicted octanol–water partition coefficient (Wildman–Crippen LogP) is 2.69. The fourth-order valence-corrected chi connectivity index (χ4v) is 3.58. The second-order valence-corrected chi connectivity index (χ2v) is 13.5. The monoisotopic (exact) mass is 325 g/mol. The molecule has 124 valence electrons. The Morgan fingerprint density at radius 1 is 1.36 bits per heavy atom. The first kappa shape index (κ1) is 18.5. The summed E-state index contributed by atoms with van der Waals surface area (Å²) in [6, 6.07) is -0.112. The van der Waals surface area contributed by atoms with E-state index in [1.807, 2.05) is 6.19 Å². The van der Waals surface area contributed by atoms with Gasteiger partial charge in [-0.1, -0.05) is 19.6 Å². The maximum Gasteiger partial charge on any atom is 0.408 e. The number of carbonyl (C=O) groups excluding carboxylic acids is 2. The fraction of sp³-hybridized carbons (Fsp3) is 0.800. The summed E-state index contributed by atoms with van der Waals surface area (Å²) in [4.78, 5) is 25.8. The van der Waals surface area contributed by atoms with Crippen LogP contribution in [0, 0.1) is 11.5 Å². The summed E-state index contributed by atoms with van der Waals surface area (Å²) >= 11 is 0. The summed E-state index contributed by atoms with van der Waals surface area (Å²) in [5, 5.41) is 11.9. The number of rotatable bonds is 5. The molecule has 0 saturated heterocycles. The lowest BCUT2D eigenvalue weighted by Gasteiger charge is -2.28. The van der Waals surface area contributed by atoms with E-state index < -0.39 is 25.8 Å². The number of hydrogen-bond donors (Lipinski definition) is 1. The molecule has 2 amide bonds. The smallest absolute Gasteiger partial charge is 0.408 e. The van der Waals surface area contributed by atoms with Gasteiger partial charge in [-0.2, -0.15) is 5.26 Å². The molecule has 0 unspecified atom stereocenters. The molecule has 7 heteroatoms. The summed E-state index contributed by atoms with van der Waals surface area (Å²) < 4.78 is 5.23. The van der Waals surface area contributed by atoms with Crippen LogP contribution >= 0.6 is 0 Å². The van der Waals surface area contributed by atoms with Crippen molar-refractivity contribution in [3.8, 4) is 6.19 Å². The standard InChI is InChI=1S/C15H27N3O3Si/c1-15(2,3)21-14(20)17-12(9-22(4,5)6)13(19)18(10-16)11-7-8-11/h11-12H,7-9H2,1-6H3,(H,17,20)/t12-/m0/s1. The van der Waals surface area contributed by atoms with Crippen molar-refractivity contribution in [2.45, 2.75) is 77.0 Å². The molecule has 0 bridgehead atoms. The van der Waals surface area contributed by atoms with Crippen molar-refractivity contribution in [3.05, 3.63) is 0 Å². The average Bonchev–Trinajstić information content (AvgIpc) is 3.08. The van der Waals surface area contributed by atoms with Crippen LogP contribution in [0.1, 0.15) is 33.6 Å². The largest absolute Gasteiger partial charge is 0.444 e. The number of amides is 2. The lowest BCUT2D eigenvalue weighted by molar-refractivity contribution is -0.130. The molecule has 22 heavy (non-hydrogen) atoms. The summed E-state index contributed by atoms with van der Waals surface area (Å²) in [6.07, 6.45) is 3.05. The molecular weight excluding hydrogens is 298 g/mol. The Bertz CT molecular complexity index is 470. The number of alkyl carbamates (subject to hydrolysis) is 1. The van der Waals surface area contributed by atoms with Gasteiger partial charge in [0.2, 0.25) is 0 Å². The van der Waals surface area contributed by atoms with Crippen molar-refractivity contribution in [2.75, 3.05) is 0 Å². The molecule has 6 nitrogen and oxygen atoms in total. The van der Waals surface area contributed by atoms with Gasteiger partial charge in [0.15, 0.2) is 6.19 Å². The van der Waals surface area contributed by atoms with Gasteiger partial charge in [0, 0.05) is 14.1 Å². The van der Waals surface area contributed by atoms with Gasteiger partial charge >= 0.3 is 6.09 Å². The number of carbonyl (C=O) groups is 2. The molecule has 1 saturated carbocycles. The fourth-order valence-electron chi connectivity index (χ4n) is 2.07. The Balaban J connectivity index is 2.81. The topological polar surface area (TPSA) is 82.4 Å². The van der Waals surface area contributed by atoms with Crippen molar-refractivity contribution < 1.29 is 14.3 Å². The Morgan fingerprint density at radius 3 is 2.27 bits per heavy atom. The summed E-state index contributed by atoms with van der Waals surface area (Å²) in [5.41, 5.74) is -0.623. The third-order valence-corrected chi connectivity index (χ3v) is 4.70. The second kappa shape index (κ2) is 6.69. The minimum atomic E-state index is -1.61. The molecule has 1 aliphatic rings. The number of hydrogen-bond acceptors (Lipinski definition) is 4. The van der Waals surface area contributed by atoms with Crippen molar-refractivity contribution in [2.24, 2.45) is 0 Å². The van der Waals surface area contributed by atoms with E-state index in [0.29, 0.717) is 6.04 Å². The average molecular weight is 325 g/mol. The van der Waals surface area contributed by atoms with Crippen LogP contribution in [0.5, 0.6) is 0 Å². The number of nitrogens with zero attached hydrogens (tertiary/aromatic N) is 2. The molecular formula is C15H27N3O3Si. The van der Waals surface area contributed by atoms with E-state index in [4.69, 9.17) is 4.74 Å². The minimum absolute atomic E-state index is 0.00192. The molecule has 1 N–H and O–H groups in total. The van der Waals surface area contributed by atoms with Gasteiger partial charge in [-0.05, 0) is 39.7 Å². The van der Waals surface area contributed by atoms with Crippen molar-refractivity contribution >= 4 is 20.1 Å². The molecule has 1 aliphatic carbocycles. The van der Waals surface area contributed by atoms with Gasteiger partial charge in [-0.15, -0.1) is 0 Å². The minimum Gasteiger partial charge on any atom is -0.444 e. The first-order valence-electron chi connectivity index (χ1n) is 7.65. The Kier molecular flexibility index (Phi) is 5.63. The van der Waals surface area contributed by atoms with Gasteiger partial charge in [0.05, 0.1) is 0 Å². The zero-order valence-corrected chi connectivity index (χ0v) is 15.4. The molecule has 0 radical (unpaired) electrons. The molecule has 0 aromatic carbocycles. The Labute approximate surface area is 133 Å². The molecule has 0 spiro atoms. The van der Waals surface area contributed by atoms with E-state index in [-0.39, 0.29) is 11.9 Å². The highest BCUT2D eigenvalue weighted by molar-refractivity contribution is 6.76. The normalized spacial score (nSPS) is 16.4. The second-order valence-electron chi connectivity index (χ2n) is 8.00. The highest BCUT2D eigenvalue weighted by Crippen LogP contribution is 2.27. The van der Waals surface area contributed by atoms with Crippen molar-refractivity contribution in [1.29, 1.82) is 5.26 Å². The van der Waals surface area contributed by atoms with Crippen LogP contribution in [-0.4, -0.2) is 42.7 Å². The number of nitrogens with one attached hydrogen (secondary N) is 1. The molecule has 0 aliphatic heterocycles. The SMILES string of the molecule is CC(C)(C)OC(=O)N[C@@H](C[Si](C)(C)C)C(=O)N(C#N)C1CC1. The van der Waals surface area contributed by atoms with E-state index in [0.717, 1.165) is 12.8 Å². The quantitative estimate of drug-likeness (QED) is 0.478. The zero-order chi connectivity index (χ0) is 17.1. The Hall–Kier alpha value is -1.55. The highest BCUT2D eigenvalue weighted by atomic mass is 28.3. The van der Waals surface area contributed by atoms with Crippen LogP contribution in [0.25, 0.3) is 0 Å². The van der Waals surface area contributed by atoms with Gasteiger partial charge < -0.3 is 10.1 Å². The van der Waals surface area contributed by atoms with Crippen LogP contribution in [-0.2, 0) is 9.53 Å². The summed E-state index contributed by atoms with van der Waals surface area (Å²) in [7, 11) is -1.61. The maximum absolute atomic E-state index is 12.6. The van der Waals surface area contributed by atoms with E-state index >= 15 is 0 Å². The van der Waals surface area contributed by atoms with Gasteiger partial charge in [-0.3, -0.25) is 4.79 Å². The highest BCUT2D eigenvalue weighted by Gasteiger charge is 2.38. The molecule has 1 rings (SSSR count). The van der Waals surface area contributed by atoms with E-state index in [2.05, 4.69) is 25.0 Å². The van der Waals surface area contributed by atoms with Crippen molar-refractivity contribution in [3.63, 3.8) is 0 Å². The van der Waals surface area contributed by atoms with Gasteiger partial charge in [0.1, 0.15) is 11.6 Å². The lowest BCUT2D eigenvalue weighted by atomic mass is 10.2. The van der Waals surface area contributed by atoms with E-state index in [9.17, 15) is 14.9 Å². The lowest BCUT2D eigenvalue weighted by Crippen LogP contribution is -2.51. The molecule has 0 aromatic heterocycles. The summed E-state index contributed by atoms with van der Waals surface area (Å²) in [6.45, 7) is 11.7. The third-order valence-electron chi connectivity index (χ3n) is 3.06. The maximum atomic E-state index is 12.6. The molecule has 0 heterocycles. The first-order chi connectivity index (χ1) is 9.93. The number of ether oxygens (including phenoxy) is 1. The number of nitriles is 1. The Morgan fingerprint density at radius 2 is 1.91 bits per heavy atom. The molecule has 1 fully saturated rings.